The summed E-state index contributed by atoms with van der Waals surface area (Å²) >= 11 is 5.79. The van der Waals surface area contributed by atoms with Crippen LogP contribution in [0.25, 0.3) is 0 Å². The van der Waals surface area contributed by atoms with E-state index in [1.54, 1.807) is 30.4 Å². The Balaban J connectivity index is 1.93. The second kappa shape index (κ2) is 5.31. The van der Waals surface area contributed by atoms with Gasteiger partial charge in [0, 0.05) is 38.6 Å². The van der Waals surface area contributed by atoms with E-state index in [1.807, 2.05) is 0 Å². The van der Waals surface area contributed by atoms with E-state index < -0.39 is 5.38 Å². The van der Waals surface area contributed by atoms with E-state index in [9.17, 15) is 4.79 Å². The Morgan fingerprint density at radius 1 is 1.35 bits per heavy atom. The first-order chi connectivity index (χ1) is 8.18. The van der Waals surface area contributed by atoms with Gasteiger partial charge >= 0.3 is 0 Å². The SMILES string of the molecule is C[C@H](Cl)C(=O)N1CCN(c2cnccn2)CC1. The molecule has 0 N–H and O–H groups in total. The van der Waals surface area contributed by atoms with Crippen molar-refractivity contribution in [3.05, 3.63) is 18.6 Å². The smallest absolute Gasteiger partial charge is 0.240 e. The number of nitrogens with zero attached hydrogens (tertiary/aromatic N) is 4. The molecule has 1 fully saturated rings. The number of carbonyl (C=O) groups excluding carboxylic acids is 1. The first-order valence-corrected chi connectivity index (χ1v) is 6.06. The van der Waals surface area contributed by atoms with Crippen LogP contribution in [0.2, 0.25) is 0 Å². The molecule has 1 aliphatic heterocycles. The van der Waals surface area contributed by atoms with Crippen LogP contribution >= 0.6 is 11.6 Å². The van der Waals surface area contributed by atoms with Crippen LogP contribution in [0.1, 0.15) is 6.92 Å². The highest BCUT2D eigenvalue weighted by atomic mass is 35.5. The van der Waals surface area contributed by atoms with Gasteiger partial charge in [-0.3, -0.25) is 9.78 Å². The van der Waals surface area contributed by atoms with Crippen molar-refractivity contribution in [2.75, 3.05) is 31.1 Å². The summed E-state index contributed by atoms with van der Waals surface area (Å²) in [7, 11) is 0. The summed E-state index contributed by atoms with van der Waals surface area (Å²) in [5.41, 5.74) is 0. The molecule has 1 saturated heterocycles. The van der Waals surface area contributed by atoms with Gasteiger partial charge in [-0.25, -0.2) is 4.98 Å². The molecule has 1 aliphatic rings. The van der Waals surface area contributed by atoms with Crippen LogP contribution in [0.15, 0.2) is 18.6 Å². The Hall–Kier alpha value is -1.36. The maximum Gasteiger partial charge on any atom is 0.240 e. The number of aromatic nitrogens is 2. The van der Waals surface area contributed by atoms with Crippen molar-refractivity contribution in [1.29, 1.82) is 0 Å². The molecule has 1 atom stereocenters. The number of hydrogen-bond donors (Lipinski definition) is 0. The van der Waals surface area contributed by atoms with Crippen molar-refractivity contribution < 1.29 is 4.79 Å². The fourth-order valence-electron chi connectivity index (χ4n) is 1.86. The van der Waals surface area contributed by atoms with Crippen LogP contribution in [-0.4, -0.2) is 52.3 Å². The molecule has 0 unspecified atom stereocenters. The van der Waals surface area contributed by atoms with Gasteiger partial charge < -0.3 is 9.80 Å². The molecule has 0 aromatic carbocycles. The molecule has 0 bridgehead atoms. The van der Waals surface area contributed by atoms with Gasteiger partial charge in [-0.1, -0.05) is 0 Å². The second-order valence-electron chi connectivity index (χ2n) is 3.99. The molecule has 2 rings (SSSR count). The van der Waals surface area contributed by atoms with Gasteiger partial charge in [0.2, 0.25) is 5.91 Å². The fourth-order valence-corrected chi connectivity index (χ4v) is 2.00. The van der Waals surface area contributed by atoms with Gasteiger partial charge in [0.15, 0.2) is 0 Å². The largest absolute Gasteiger partial charge is 0.352 e. The van der Waals surface area contributed by atoms with Gasteiger partial charge in [-0.05, 0) is 6.92 Å². The lowest BCUT2D eigenvalue weighted by Crippen LogP contribution is -2.50. The molecule has 5 nitrogen and oxygen atoms in total. The van der Waals surface area contributed by atoms with Crippen molar-refractivity contribution in [2.24, 2.45) is 0 Å². The van der Waals surface area contributed by atoms with Crippen molar-refractivity contribution in [2.45, 2.75) is 12.3 Å². The number of rotatable bonds is 2. The van der Waals surface area contributed by atoms with Gasteiger partial charge in [-0.2, -0.15) is 0 Å². The zero-order valence-electron chi connectivity index (χ0n) is 9.71. The van der Waals surface area contributed by atoms with Crippen molar-refractivity contribution in [3.8, 4) is 0 Å². The molecule has 0 spiro atoms. The number of carbonyl (C=O) groups is 1. The summed E-state index contributed by atoms with van der Waals surface area (Å²) in [6.45, 7) is 4.62. The van der Waals surface area contributed by atoms with Gasteiger partial charge in [0.1, 0.15) is 11.2 Å². The number of halogens is 1. The zero-order valence-corrected chi connectivity index (χ0v) is 10.5. The highest BCUT2D eigenvalue weighted by Crippen LogP contribution is 2.12. The topological polar surface area (TPSA) is 49.3 Å². The number of alkyl halides is 1. The molecule has 0 radical (unpaired) electrons. The lowest BCUT2D eigenvalue weighted by molar-refractivity contribution is -0.130. The van der Waals surface area contributed by atoms with Crippen LogP contribution in [0.3, 0.4) is 0 Å². The highest BCUT2D eigenvalue weighted by Gasteiger charge is 2.24. The van der Waals surface area contributed by atoms with E-state index >= 15 is 0 Å². The molecule has 6 heteroatoms. The summed E-state index contributed by atoms with van der Waals surface area (Å²) in [6, 6.07) is 0. The quantitative estimate of drug-likeness (QED) is 0.731. The maximum absolute atomic E-state index is 11.7. The first-order valence-electron chi connectivity index (χ1n) is 5.62. The Labute approximate surface area is 105 Å². The Morgan fingerprint density at radius 3 is 2.59 bits per heavy atom. The molecule has 17 heavy (non-hydrogen) atoms. The molecule has 92 valence electrons. The average molecular weight is 255 g/mol. The third-order valence-corrected chi connectivity index (χ3v) is 2.99. The molecular weight excluding hydrogens is 240 g/mol. The van der Waals surface area contributed by atoms with E-state index in [-0.39, 0.29) is 5.91 Å². The summed E-state index contributed by atoms with van der Waals surface area (Å²) in [5.74, 6) is 0.865. The Morgan fingerprint density at radius 2 is 2.06 bits per heavy atom. The third kappa shape index (κ3) is 2.85. The minimum absolute atomic E-state index is 0.00506. The number of hydrogen-bond acceptors (Lipinski definition) is 4. The Bertz CT molecular complexity index is 376. The van der Waals surface area contributed by atoms with Gasteiger partial charge in [-0.15, -0.1) is 11.6 Å². The van der Waals surface area contributed by atoms with Crippen LogP contribution < -0.4 is 4.90 Å². The normalized spacial score (nSPS) is 18.0. The van der Waals surface area contributed by atoms with Crippen molar-refractivity contribution in [1.82, 2.24) is 14.9 Å². The molecular formula is C11H15ClN4O. The van der Waals surface area contributed by atoms with E-state index in [1.165, 1.54) is 0 Å². The lowest BCUT2D eigenvalue weighted by atomic mass is 10.3. The number of anilines is 1. The molecule has 1 amide bonds. The van der Waals surface area contributed by atoms with Crippen LogP contribution in [0.4, 0.5) is 5.82 Å². The van der Waals surface area contributed by atoms with Gasteiger partial charge in [0.05, 0.1) is 6.20 Å². The van der Waals surface area contributed by atoms with Crippen LogP contribution in [0, 0.1) is 0 Å². The zero-order chi connectivity index (χ0) is 12.3. The summed E-state index contributed by atoms with van der Waals surface area (Å²) < 4.78 is 0. The maximum atomic E-state index is 11.7. The third-order valence-electron chi connectivity index (χ3n) is 2.81. The fraction of sp³-hybridized carbons (Fsp3) is 0.545. The monoisotopic (exact) mass is 254 g/mol. The minimum Gasteiger partial charge on any atom is -0.352 e. The first kappa shape index (κ1) is 12.1. The van der Waals surface area contributed by atoms with E-state index in [0.717, 1.165) is 18.9 Å². The number of amides is 1. The standard InChI is InChI=1S/C11H15ClN4O/c1-9(12)11(17)16-6-4-15(5-7-16)10-8-13-2-3-14-10/h2-3,8-9H,4-7H2,1H3/t9-/m0/s1. The van der Waals surface area contributed by atoms with Crippen molar-refractivity contribution >= 4 is 23.3 Å². The van der Waals surface area contributed by atoms with Crippen molar-refractivity contribution in [3.63, 3.8) is 0 Å². The van der Waals surface area contributed by atoms with Gasteiger partial charge in [0.25, 0.3) is 0 Å². The van der Waals surface area contributed by atoms with E-state index in [0.29, 0.717) is 13.1 Å². The molecule has 1 aromatic heterocycles. The Kier molecular flexibility index (Phi) is 3.78. The van der Waals surface area contributed by atoms with Crippen LogP contribution in [0.5, 0.6) is 0 Å². The number of piperazine rings is 1. The summed E-state index contributed by atoms with van der Waals surface area (Å²) in [4.78, 5) is 23.9. The lowest BCUT2D eigenvalue weighted by Gasteiger charge is -2.35. The highest BCUT2D eigenvalue weighted by molar-refractivity contribution is 6.30. The average Bonchev–Trinajstić information content (AvgIpc) is 2.39. The summed E-state index contributed by atoms with van der Waals surface area (Å²) in [5, 5.41) is -0.446. The predicted molar refractivity (Wildman–Crippen MR) is 66.1 cm³/mol. The van der Waals surface area contributed by atoms with Crippen LogP contribution in [-0.2, 0) is 4.79 Å². The van der Waals surface area contributed by atoms with E-state index in [4.69, 9.17) is 11.6 Å². The minimum atomic E-state index is -0.446. The molecule has 2 heterocycles. The molecule has 1 aromatic rings. The van der Waals surface area contributed by atoms with E-state index in [2.05, 4.69) is 14.9 Å². The predicted octanol–water partition coefficient (Wildman–Crippen LogP) is 0.752. The second-order valence-corrected chi connectivity index (χ2v) is 4.65. The molecule has 0 aliphatic carbocycles. The summed E-state index contributed by atoms with van der Waals surface area (Å²) in [6.07, 6.45) is 5.06. The molecule has 0 saturated carbocycles.